The second-order valence-corrected chi connectivity index (χ2v) is 13.9. The second kappa shape index (κ2) is 20.5. The Labute approximate surface area is 288 Å². The average molecular weight is 675 g/mol. The summed E-state index contributed by atoms with van der Waals surface area (Å²) < 4.78 is 27.5. The van der Waals surface area contributed by atoms with Gasteiger partial charge >= 0.3 is 0 Å². The molecule has 1 aliphatic rings. The van der Waals surface area contributed by atoms with Gasteiger partial charge in [-0.05, 0) is 74.9 Å². The molecule has 0 bridgehead atoms. The van der Waals surface area contributed by atoms with Crippen LogP contribution in [0.15, 0.2) is 78.9 Å². The lowest BCUT2D eigenvalue weighted by atomic mass is 9.95. The van der Waals surface area contributed by atoms with Gasteiger partial charge in [0.15, 0.2) is 0 Å². The Morgan fingerprint density at radius 2 is 1.60 bits per heavy atom. The number of nitrogens with one attached hydrogen (secondary N) is 3. The number of benzene rings is 3. The van der Waals surface area contributed by atoms with Crippen molar-refractivity contribution in [3.63, 3.8) is 0 Å². The molecule has 1 fully saturated rings. The molecule has 48 heavy (non-hydrogen) atoms. The van der Waals surface area contributed by atoms with Gasteiger partial charge in [0.1, 0.15) is 0 Å². The minimum Gasteiger partial charge on any atom is -0.390 e. The Bertz CT molecular complexity index is 1550. The maximum absolute atomic E-state index is 14.0. The van der Waals surface area contributed by atoms with Crippen LogP contribution in [0.2, 0.25) is 0 Å². The molecule has 2 unspecified atom stereocenters. The molecule has 1 amide bonds. The molecular formula is C39H54N4O4S. The molecule has 3 aromatic carbocycles. The van der Waals surface area contributed by atoms with E-state index in [4.69, 9.17) is 0 Å². The van der Waals surface area contributed by atoms with Crippen molar-refractivity contribution in [2.45, 2.75) is 96.7 Å². The molecule has 9 heteroatoms. The Balaban J connectivity index is 0.00000307. The minimum absolute atomic E-state index is 0.298. The summed E-state index contributed by atoms with van der Waals surface area (Å²) in [7, 11) is -3.75. The summed E-state index contributed by atoms with van der Waals surface area (Å²) in [5.41, 5.74) is 2.75. The third kappa shape index (κ3) is 12.6. The van der Waals surface area contributed by atoms with Gasteiger partial charge in [-0.3, -0.25) is 4.79 Å². The van der Waals surface area contributed by atoms with Crippen molar-refractivity contribution in [1.82, 2.24) is 10.6 Å². The molecule has 0 spiro atoms. The number of amides is 1. The first-order valence-electron chi connectivity index (χ1n) is 17.3. The number of nitrogens with zero attached hydrogens (tertiary/aromatic N) is 1. The largest absolute Gasteiger partial charge is 0.390 e. The van der Waals surface area contributed by atoms with E-state index in [0.717, 1.165) is 43.9 Å². The van der Waals surface area contributed by atoms with Gasteiger partial charge < -0.3 is 21.1 Å². The van der Waals surface area contributed by atoms with Crippen molar-refractivity contribution in [3.05, 3.63) is 90.0 Å². The third-order valence-corrected chi connectivity index (χ3v) is 9.36. The fraction of sp³-hybridized carbons (Fsp3) is 0.462. The summed E-state index contributed by atoms with van der Waals surface area (Å²) in [6.45, 7) is 6.84. The standard InChI is InChI=1S/C37H48N4O4S.C2H6/c1-3-4-5-6-16-23-38-32-25-30(26-34(27-32)41(46(2,44)45)33-21-14-9-15-22-33)37(43)40-35(24-29-17-10-7-11-18-29)36(42)28-39-31-19-12-8-13-20-31;1-2/h7,9-11,14-15,17-18,21-22,25-27,31,35-36,38-39,42H,5-6,8,12-13,16,19-20,23-24,28H2,1-2H3,(H,40,43);1-2H3. The smallest absolute Gasteiger partial charge is 0.251 e. The number of aliphatic hydroxyl groups excluding tert-OH is 1. The number of hydrogen-bond donors (Lipinski definition) is 4. The van der Waals surface area contributed by atoms with Crippen LogP contribution in [0.4, 0.5) is 17.1 Å². The van der Waals surface area contributed by atoms with E-state index in [1.807, 2.05) is 57.2 Å². The highest BCUT2D eigenvalue weighted by Crippen LogP contribution is 2.32. The molecule has 0 heterocycles. The molecule has 8 nitrogen and oxygen atoms in total. The van der Waals surface area contributed by atoms with Crippen molar-refractivity contribution in [3.8, 4) is 11.8 Å². The summed E-state index contributed by atoms with van der Waals surface area (Å²) in [6, 6.07) is 23.5. The van der Waals surface area contributed by atoms with Crippen LogP contribution in [0, 0.1) is 11.8 Å². The highest BCUT2D eigenvalue weighted by atomic mass is 32.2. The van der Waals surface area contributed by atoms with Crippen LogP contribution in [-0.4, -0.2) is 57.0 Å². The number of para-hydroxylation sites is 1. The lowest BCUT2D eigenvalue weighted by Crippen LogP contribution is -2.50. The lowest BCUT2D eigenvalue weighted by Gasteiger charge is -2.29. The van der Waals surface area contributed by atoms with Gasteiger partial charge in [-0.1, -0.05) is 81.6 Å². The average Bonchev–Trinajstić information content (AvgIpc) is 3.10. The summed E-state index contributed by atoms with van der Waals surface area (Å²) >= 11 is 0. The second-order valence-electron chi connectivity index (χ2n) is 12.0. The molecule has 260 valence electrons. The van der Waals surface area contributed by atoms with E-state index in [9.17, 15) is 18.3 Å². The van der Waals surface area contributed by atoms with Gasteiger partial charge in [-0.15, -0.1) is 11.8 Å². The summed E-state index contributed by atoms with van der Waals surface area (Å²) in [5, 5.41) is 21.4. The van der Waals surface area contributed by atoms with Gasteiger partial charge in [-0.2, -0.15) is 0 Å². The summed E-state index contributed by atoms with van der Waals surface area (Å²) in [5.74, 6) is 5.60. The van der Waals surface area contributed by atoms with Crippen molar-refractivity contribution >= 4 is 33.0 Å². The van der Waals surface area contributed by atoms with Crippen molar-refractivity contribution < 1.29 is 18.3 Å². The molecule has 3 aromatic rings. The molecule has 0 saturated heterocycles. The molecule has 1 aliphatic carbocycles. The Morgan fingerprint density at radius 1 is 0.938 bits per heavy atom. The van der Waals surface area contributed by atoms with Crippen LogP contribution in [0.1, 0.15) is 88.1 Å². The number of aliphatic hydroxyl groups is 1. The van der Waals surface area contributed by atoms with Gasteiger partial charge in [0, 0.05) is 36.8 Å². The predicted octanol–water partition coefficient (Wildman–Crippen LogP) is 7.04. The van der Waals surface area contributed by atoms with Crippen LogP contribution < -0.4 is 20.3 Å². The molecule has 0 radical (unpaired) electrons. The van der Waals surface area contributed by atoms with Gasteiger partial charge in [0.05, 0.1) is 29.8 Å². The number of hydrogen-bond acceptors (Lipinski definition) is 6. The Morgan fingerprint density at radius 3 is 2.25 bits per heavy atom. The third-order valence-electron chi connectivity index (χ3n) is 8.27. The summed E-state index contributed by atoms with van der Waals surface area (Å²) in [6.07, 6.45) is 9.18. The van der Waals surface area contributed by atoms with E-state index in [1.54, 1.807) is 42.5 Å². The first kappa shape index (κ1) is 38.6. The van der Waals surface area contributed by atoms with Crippen LogP contribution >= 0.6 is 0 Å². The fourth-order valence-electron chi connectivity index (χ4n) is 5.89. The summed E-state index contributed by atoms with van der Waals surface area (Å²) in [4.78, 5) is 14.0. The van der Waals surface area contributed by atoms with Crippen LogP contribution in [-0.2, 0) is 16.4 Å². The minimum atomic E-state index is -3.75. The van der Waals surface area contributed by atoms with E-state index in [1.165, 1.54) is 23.6 Å². The van der Waals surface area contributed by atoms with Crippen LogP contribution in [0.3, 0.4) is 0 Å². The first-order valence-corrected chi connectivity index (χ1v) is 19.2. The lowest BCUT2D eigenvalue weighted by molar-refractivity contribution is 0.0821. The molecule has 0 aromatic heterocycles. The van der Waals surface area contributed by atoms with E-state index >= 15 is 0 Å². The van der Waals surface area contributed by atoms with E-state index in [0.29, 0.717) is 48.2 Å². The number of carbonyl (C=O) groups is 1. The van der Waals surface area contributed by atoms with E-state index in [-0.39, 0.29) is 5.91 Å². The van der Waals surface area contributed by atoms with Gasteiger partial charge in [0.25, 0.3) is 5.91 Å². The topological polar surface area (TPSA) is 111 Å². The maximum atomic E-state index is 14.0. The van der Waals surface area contributed by atoms with Crippen molar-refractivity contribution in [1.29, 1.82) is 0 Å². The SMILES string of the molecule is CC.CC#CCCCCNc1cc(C(=O)NC(Cc2ccccc2)C(O)CNC2CCCCC2)cc(N(c2ccccc2)S(C)(=O)=O)c1. The number of unbranched alkanes of at least 4 members (excludes halogenated alkanes) is 2. The highest BCUT2D eigenvalue weighted by Gasteiger charge is 2.26. The van der Waals surface area contributed by atoms with Gasteiger partial charge in [-0.25, -0.2) is 12.7 Å². The van der Waals surface area contributed by atoms with E-state index in [2.05, 4.69) is 27.8 Å². The number of carbonyl (C=O) groups excluding carboxylic acids is 1. The monoisotopic (exact) mass is 674 g/mol. The van der Waals surface area contributed by atoms with Gasteiger partial charge in [0.2, 0.25) is 10.0 Å². The molecule has 0 aliphatic heterocycles. The predicted molar refractivity (Wildman–Crippen MR) is 199 cm³/mol. The zero-order valence-electron chi connectivity index (χ0n) is 29.0. The zero-order chi connectivity index (χ0) is 34.8. The molecule has 4 rings (SSSR count). The maximum Gasteiger partial charge on any atom is 0.251 e. The fourth-order valence-corrected chi connectivity index (χ4v) is 6.89. The van der Waals surface area contributed by atoms with E-state index < -0.39 is 22.2 Å². The molecular weight excluding hydrogens is 621 g/mol. The van der Waals surface area contributed by atoms with Crippen LogP contribution in [0.25, 0.3) is 0 Å². The van der Waals surface area contributed by atoms with Crippen molar-refractivity contribution in [2.24, 2.45) is 0 Å². The Kier molecular flexibility index (Phi) is 16.5. The Hall–Kier alpha value is -3.84. The molecule has 4 N–H and O–H groups in total. The molecule has 1 saturated carbocycles. The van der Waals surface area contributed by atoms with Crippen molar-refractivity contribution in [2.75, 3.05) is 29.0 Å². The number of anilines is 3. The number of sulfonamides is 1. The first-order chi connectivity index (χ1) is 23.2. The zero-order valence-corrected chi connectivity index (χ0v) is 29.9. The van der Waals surface area contributed by atoms with Crippen LogP contribution in [0.5, 0.6) is 0 Å². The quantitative estimate of drug-likeness (QED) is 0.0959. The highest BCUT2D eigenvalue weighted by molar-refractivity contribution is 7.92. The molecule has 2 atom stereocenters. The number of rotatable bonds is 16. The normalized spacial score (nSPS) is 14.4.